The summed E-state index contributed by atoms with van der Waals surface area (Å²) in [5.41, 5.74) is 0. The number of hydrogen-bond acceptors (Lipinski definition) is 4. The lowest BCUT2D eigenvalue weighted by Crippen LogP contribution is -2.24. The zero-order valence-corrected chi connectivity index (χ0v) is 5.40. The van der Waals surface area contributed by atoms with Gasteiger partial charge in [-0.25, -0.2) is 4.79 Å². The van der Waals surface area contributed by atoms with Crippen molar-refractivity contribution in [1.82, 2.24) is 0 Å². The number of ether oxygens (including phenoxy) is 1. The van der Waals surface area contributed by atoms with Gasteiger partial charge in [-0.15, -0.1) is 0 Å². The number of carbonyl (C=O) groups excluding carboxylic acids is 1. The van der Waals surface area contributed by atoms with Crippen LogP contribution in [0.25, 0.3) is 0 Å². The highest BCUT2D eigenvalue weighted by atomic mass is 16.5. The van der Waals surface area contributed by atoms with Gasteiger partial charge in [0.2, 0.25) is 0 Å². The van der Waals surface area contributed by atoms with Crippen LogP contribution in [0.15, 0.2) is 0 Å². The standard InChI is InChI=1S/C5H8O5/c1-10-5(9)3(6)2-4(7)8/h3,6H,2H2,1H3,(H,7,8)/t3-/m0/s1. The molecule has 0 aliphatic rings. The third-order valence-electron chi connectivity index (χ3n) is 0.841. The van der Waals surface area contributed by atoms with Crippen LogP contribution in [-0.4, -0.2) is 35.4 Å². The Morgan fingerprint density at radius 2 is 2.10 bits per heavy atom. The average molecular weight is 148 g/mol. The van der Waals surface area contributed by atoms with Crippen molar-refractivity contribution in [2.24, 2.45) is 0 Å². The fraction of sp³-hybridized carbons (Fsp3) is 0.600. The van der Waals surface area contributed by atoms with E-state index in [0.717, 1.165) is 7.11 Å². The average Bonchev–Trinajstić information content (AvgIpc) is 1.85. The fourth-order valence-electron chi connectivity index (χ4n) is 0.385. The van der Waals surface area contributed by atoms with Gasteiger partial charge in [0.1, 0.15) is 0 Å². The Kier molecular flexibility index (Phi) is 3.42. The molecule has 0 aromatic rings. The first-order valence-corrected chi connectivity index (χ1v) is 2.55. The third kappa shape index (κ3) is 3.03. The Labute approximate surface area is 57.2 Å². The Balaban J connectivity index is 3.72. The molecule has 0 radical (unpaired) electrons. The fourth-order valence-corrected chi connectivity index (χ4v) is 0.385. The molecule has 0 rings (SSSR count). The number of rotatable bonds is 3. The first-order valence-electron chi connectivity index (χ1n) is 2.55. The normalized spacial score (nSPS) is 12.2. The Hall–Kier alpha value is -1.10. The van der Waals surface area contributed by atoms with Gasteiger partial charge in [0.05, 0.1) is 13.5 Å². The lowest BCUT2D eigenvalue weighted by Gasteiger charge is -2.03. The maximum Gasteiger partial charge on any atom is 0.335 e. The Bertz CT molecular complexity index is 141. The molecule has 0 heterocycles. The number of esters is 1. The largest absolute Gasteiger partial charge is 0.481 e. The summed E-state index contributed by atoms with van der Waals surface area (Å²) in [6.45, 7) is 0. The zero-order valence-electron chi connectivity index (χ0n) is 5.40. The van der Waals surface area contributed by atoms with E-state index in [4.69, 9.17) is 10.2 Å². The number of aliphatic carboxylic acids is 1. The molecular weight excluding hydrogens is 140 g/mol. The third-order valence-corrected chi connectivity index (χ3v) is 0.841. The SMILES string of the molecule is COC(=O)[C@@H](O)CC(=O)O. The minimum atomic E-state index is -1.55. The van der Waals surface area contributed by atoms with Crippen LogP contribution in [-0.2, 0) is 14.3 Å². The van der Waals surface area contributed by atoms with Crippen molar-refractivity contribution >= 4 is 11.9 Å². The lowest BCUT2D eigenvalue weighted by molar-refractivity contribution is -0.155. The van der Waals surface area contributed by atoms with Crippen LogP contribution in [0.4, 0.5) is 0 Å². The van der Waals surface area contributed by atoms with E-state index in [0.29, 0.717) is 0 Å². The van der Waals surface area contributed by atoms with Gasteiger partial charge in [0.25, 0.3) is 0 Å². The molecule has 0 unspecified atom stereocenters. The molecule has 0 aromatic heterocycles. The minimum absolute atomic E-state index is 0.618. The summed E-state index contributed by atoms with van der Waals surface area (Å²) in [7, 11) is 1.08. The predicted octanol–water partition coefficient (Wildman–Crippen LogP) is -1.01. The summed E-state index contributed by atoms with van der Waals surface area (Å²) in [4.78, 5) is 20.2. The molecule has 0 fully saturated rings. The van der Waals surface area contributed by atoms with Crippen LogP contribution < -0.4 is 0 Å². The van der Waals surface area contributed by atoms with E-state index >= 15 is 0 Å². The van der Waals surface area contributed by atoms with Crippen molar-refractivity contribution < 1.29 is 24.5 Å². The molecule has 2 N–H and O–H groups in total. The van der Waals surface area contributed by atoms with E-state index in [1.807, 2.05) is 0 Å². The Morgan fingerprint density at radius 3 is 2.40 bits per heavy atom. The molecule has 1 atom stereocenters. The summed E-state index contributed by atoms with van der Waals surface area (Å²) < 4.78 is 4.06. The second-order valence-corrected chi connectivity index (χ2v) is 1.64. The number of carbonyl (C=O) groups is 2. The number of aliphatic hydroxyl groups is 1. The molecule has 0 saturated heterocycles. The smallest absolute Gasteiger partial charge is 0.335 e. The second-order valence-electron chi connectivity index (χ2n) is 1.64. The van der Waals surface area contributed by atoms with Crippen LogP contribution in [0.5, 0.6) is 0 Å². The van der Waals surface area contributed by atoms with Crippen molar-refractivity contribution in [3.05, 3.63) is 0 Å². The summed E-state index contributed by atoms with van der Waals surface area (Å²) in [6.07, 6.45) is -2.17. The van der Waals surface area contributed by atoms with Gasteiger partial charge in [-0.3, -0.25) is 4.79 Å². The van der Waals surface area contributed by atoms with Crippen LogP contribution in [0.3, 0.4) is 0 Å². The van der Waals surface area contributed by atoms with Gasteiger partial charge in [0, 0.05) is 0 Å². The van der Waals surface area contributed by atoms with E-state index in [2.05, 4.69) is 4.74 Å². The molecule has 0 aromatic carbocycles. The maximum absolute atomic E-state index is 10.3. The van der Waals surface area contributed by atoms with E-state index in [1.54, 1.807) is 0 Å². The quantitative estimate of drug-likeness (QED) is 0.501. The molecule has 5 nitrogen and oxygen atoms in total. The van der Waals surface area contributed by atoms with Gasteiger partial charge < -0.3 is 14.9 Å². The Morgan fingerprint density at radius 1 is 1.60 bits per heavy atom. The maximum atomic E-state index is 10.3. The molecule has 0 aliphatic heterocycles. The number of carboxylic acid groups (broad SMARTS) is 1. The molecule has 0 bridgehead atoms. The molecule has 0 spiro atoms. The van der Waals surface area contributed by atoms with Gasteiger partial charge in [-0.2, -0.15) is 0 Å². The van der Waals surface area contributed by atoms with E-state index in [9.17, 15) is 9.59 Å². The van der Waals surface area contributed by atoms with Crippen LogP contribution in [0, 0.1) is 0 Å². The van der Waals surface area contributed by atoms with E-state index in [1.165, 1.54) is 0 Å². The number of hydrogen-bond donors (Lipinski definition) is 2. The van der Waals surface area contributed by atoms with Gasteiger partial charge in [-0.05, 0) is 0 Å². The summed E-state index contributed by atoms with van der Waals surface area (Å²) in [5.74, 6) is -2.17. The first kappa shape index (κ1) is 8.90. The molecule has 58 valence electrons. The van der Waals surface area contributed by atoms with E-state index in [-0.39, 0.29) is 0 Å². The minimum Gasteiger partial charge on any atom is -0.481 e. The van der Waals surface area contributed by atoms with Crippen molar-refractivity contribution in [3.63, 3.8) is 0 Å². The zero-order chi connectivity index (χ0) is 8.15. The summed E-state index contributed by atoms with van der Waals surface area (Å²) in [6, 6.07) is 0. The van der Waals surface area contributed by atoms with Crippen molar-refractivity contribution in [1.29, 1.82) is 0 Å². The molecule has 0 amide bonds. The molecular formula is C5H8O5. The molecule has 0 saturated carbocycles. The van der Waals surface area contributed by atoms with Gasteiger partial charge >= 0.3 is 11.9 Å². The topological polar surface area (TPSA) is 83.8 Å². The molecule has 0 aliphatic carbocycles. The monoisotopic (exact) mass is 148 g/mol. The number of methoxy groups -OCH3 is 1. The predicted molar refractivity (Wildman–Crippen MR) is 30.3 cm³/mol. The second kappa shape index (κ2) is 3.84. The molecule has 10 heavy (non-hydrogen) atoms. The first-order chi connectivity index (χ1) is 4.57. The van der Waals surface area contributed by atoms with Gasteiger partial charge in [0.15, 0.2) is 6.10 Å². The summed E-state index contributed by atoms with van der Waals surface area (Å²) in [5, 5.41) is 16.7. The highest BCUT2D eigenvalue weighted by Gasteiger charge is 2.18. The van der Waals surface area contributed by atoms with Gasteiger partial charge in [-0.1, -0.05) is 0 Å². The van der Waals surface area contributed by atoms with Crippen molar-refractivity contribution in [2.45, 2.75) is 12.5 Å². The van der Waals surface area contributed by atoms with Crippen LogP contribution in [0.1, 0.15) is 6.42 Å². The lowest BCUT2D eigenvalue weighted by atomic mass is 10.3. The molecule has 5 heteroatoms. The number of aliphatic hydroxyl groups excluding tert-OH is 1. The highest BCUT2D eigenvalue weighted by Crippen LogP contribution is 1.92. The van der Waals surface area contributed by atoms with Crippen LogP contribution >= 0.6 is 0 Å². The summed E-state index contributed by atoms with van der Waals surface area (Å²) >= 11 is 0. The highest BCUT2D eigenvalue weighted by molar-refractivity contribution is 5.80. The van der Waals surface area contributed by atoms with Crippen molar-refractivity contribution in [3.8, 4) is 0 Å². The van der Waals surface area contributed by atoms with Crippen LogP contribution in [0.2, 0.25) is 0 Å². The van der Waals surface area contributed by atoms with E-state index < -0.39 is 24.5 Å². The van der Waals surface area contributed by atoms with Crippen molar-refractivity contribution in [2.75, 3.05) is 7.11 Å². The number of carboxylic acids is 1.